The third-order valence-electron chi connectivity index (χ3n) is 0.678. The second-order valence-electron chi connectivity index (χ2n) is 2.32. The molecule has 0 radical (unpaired) electrons. The zero-order valence-electron chi connectivity index (χ0n) is 7.69. The minimum atomic E-state index is -0.222. The number of nitrogens with zero attached hydrogens (tertiary/aromatic N) is 1. The van der Waals surface area contributed by atoms with E-state index < -0.39 is 0 Å². The number of hydrogen-bond donors (Lipinski definition) is 1. The molecule has 0 spiro atoms. The molecule has 0 saturated carbocycles. The third-order valence-corrected chi connectivity index (χ3v) is 0.678. The Hall–Kier alpha value is 0.500. The Balaban J connectivity index is 0. The van der Waals surface area contributed by atoms with Crippen molar-refractivity contribution >= 4 is 23.2 Å². The lowest BCUT2D eigenvalue weighted by Crippen LogP contribution is -2.30. The van der Waals surface area contributed by atoms with Crippen molar-refractivity contribution in [1.82, 2.24) is 10.4 Å². The van der Waals surface area contributed by atoms with Gasteiger partial charge in [-0.1, -0.05) is 6.92 Å². The van der Waals surface area contributed by atoms with Crippen molar-refractivity contribution in [2.24, 2.45) is 0 Å². The number of nitrogens with one attached hydrogen (secondary N) is 1. The van der Waals surface area contributed by atoms with Gasteiger partial charge in [0.05, 0.1) is 0 Å². The van der Waals surface area contributed by atoms with E-state index in [4.69, 9.17) is 23.2 Å². The van der Waals surface area contributed by atoms with E-state index in [0.717, 1.165) is 6.54 Å². The van der Waals surface area contributed by atoms with Gasteiger partial charge < -0.3 is 0 Å². The van der Waals surface area contributed by atoms with E-state index in [9.17, 15) is 0 Å². The molecule has 0 unspecified atom stereocenters. The first-order chi connectivity index (χ1) is 5.00. The molecule has 0 aliphatic rings. The van der Waals surface area contributed by atoms with E-state index in [2.05, 4.69) is 12.3 Å². The molecule has 0 aromatic carbocycles. The van der Waals surface area contributed by atoms with Gasteiger partial charge in [-0.15, -0.1) is 23.2 Å². The number of alkyl halides is 2. The normalized spacial score (nSPS) is 9.82. The second-order valence-corrected chi connectivity index (χ2v) is 3.85. The molecule has 4 heteroatoms. The van der Waals surface area contributed by atoms with Gasteiger partial charge in [0.15, 0.2) is 0 Å². The monoisotopic (exact) mass is 200 g/mol. The Morgan fingerprint density at radius 2 is 1.73 bits per heavy atom. The van der Waals surface area contributed by atoms with Gasteiger partial charge in [-0.2, -0.15) is 0 Å². The summed E-state index contributed by atoms with van der Waals surface area (Å²) in [6.07, 6.45) is 1.19. The highest BCUT2D eigenvalue weighted by Crippen LogP contribution is 1.95. The summed E-state index contributed by atoms with van der Waals surface area (Å²) >= 11 is 10.1. The second kappa shape index (κ2) is 10.5. The van der Waals surface area contributed by atoms with Crippen molar-refractivity contribution in [3.8, 4) is 0 Å². The largest absolute Gasteiger partial charge is 0.256 e. The first-order valence-corrected chi connectivity index (χ1v) is 4.57. The van der Waals surface area contributed by atoms with E-state index in [1.807, 2.05) is 19.1 Å². The van der Waals surface area contributed by atoms with Crippen LogP contribution in [0.1, 0.15) is 20.3 Å². The molecular formula is C7H18Cl2N2. The molecule has 0 aromatic heterocycles. The maximum Gasteiger partial charge on any atom is 0.105 e. The lowest BCUT2D eigenvalue weighted by atomic mass is 10.5. The van der Waals surface area contributed by atoms with Crippen LogP contribution in [0.25, 0.3) is 0 Å². The topological polar surface area (TPSA) is 15.3 Å². The van der Waals surface area contributed by atoms with Crippen LogP contribution in [0.5, 0.6) is 0 Å². The average molecular weight is 201 g/mol. The van der Waals surface area contributed by atoms with Crippen molar-refractivity contribution < 1.29 is 0 Å². The zero-order valence-corrected chi connectivity index (χ0v) is 9.21. The maximum atomic E-state index is 5.04. The van der Waals surface area contributed by atoms with E-state index >= 15 is 0 Å². The minimum Gasteiger partial charge on any atom is -0.256 e. The van der Waals surface area contributed by atoms with Gasteiger partial charge in [0.25, 0.3) is 0 Å². The van der Waals surface area contributed by atoms with Crippen molar-refractivity contribution in [1.29, 1.82) is 0 Å². The van der Waals surface area contributed by atoms with Crippen molar-refractivity contribution in [2.45, 2.75) is 25.1 Å². The number of rotatable bonds is 3. The Morgan fingerprint density at radius 1 is 1.36 bits per heavy atom. The molecule has 0 bridgehead atoms. The molecule has 0 amide bonds. The number of hydrogen-bond acceptors (Lipinski definition) is 2. The lowest BCUT2D eigenvalue weighted by Gasteiger charge is -2.08. The van der Waals surface area contributed by atoms with Gasteiger partial charge in [0.2, 0.25) is 0 Å². The van der Waals surface area contributed by atoms with Crippen molar-refractivity contribution in [2.75, 3.05) is 20.6 Å². The molecule has 0 heterocycles. The van der Waals surface area contributed by atoms with Crippen LogP contribution in [0, 0.1) is 0 Å². The van der Waals surface area contributed by atoms with E-state index in [-0.39, 0.29) is 4.84 Å². The number of hydrazine groups is 1. The molecule has 2 nitrogen and oxygen atoms in total. The van der Waals surface area contributed by atoms with Gasteiger partial charge >= 0.3 is 0 Å². The van der Waals surface area contributed by atoms with Crippen LogP contribution >= 0.6 is 23.2 Å². The highest BCUT2D eigenvalue weighted by atomic mass is 35.5. The molecular weight excluding hydrogens is 183 g/mol. The fourth-order valence-electron chi connectivity index (χ4n) is 0.335. The van der Waals surface area contributed by atoms with Gasteiger partial charge in [0, 0.05) is 20.6 Å². The van der Waals surface area contributed by atoms with Gasteiger partial charge in [0.1, 0.15) is 4.84 Å². The third kappa shape index (κ3) is 37.5. The fraction of sp³-hybridized carbons (Fsp3) is 1.00. The van der Waals surface area contributed by atoms with E-state index in [0.29, 0.717) is 0 Å². The van der Waals surface area contributed by atoms with Gasteiger partial charge in [-0.05, 0) is 13.3 Å². The summed E-state index contributed by atoms with van der Waals surface area (Å²) in [5.41, 5.74) is 3.13. The quantitative estimate of drug-likeness (QED) is 0.556. The Morgan fingerprint density at radius 3 is 1.82 bits per heavy atom. The van der Waals surface area contributed by atoms with Crippen LogP contribution in [0.3, 0.4) is 0 Å². The Kier molecular flexibility index (Phi) is 13.4. The first-order valence-electron chi connectivity index (χ1n) is 3.69. The minimum absolute atomic E-state index is 0.222. The number of halogens is 2. The first kappa shape index (κ1) is 14.0. The van der Waals surface area contributed by atoms with Crippen molar-refractivity contribution in [3.63, 3.8) is 0 Å². The highest BCUT2D eigenvalue weighted by molar-refractivity contribution is 6.43. The summed E-state index contributed by atoms with van der Waals surface area (Å²) in [4.78, 5) is -0.222. The molecule has 0 aromatic rings. The molecule has 0 aliphatic carbocycles. The van der Waals surface area contributed by atoms with Gasteiger partial charge in [-0.3, -0.25) is 10.4 Å². The molecule has 1 N–H and O–H groups in total. The van der Waals surface area contributed by atoms with E-state index in [1.54, 1.807) is 6.92 Å². The highest BCUT2D eigenvalue weighted by Gasteiger charge is 1.80. The maximum absolute atomic E-state index is 5.04. The Labute approximate surface area is 79.8 Å². The predicted octanol–water partition coefficient (Wildman–Crippen LogP) is 2.27. The molecule has 0 rings (SSSR count). The summed E-state index contributed by atoms with van der Waals surface area (Å²) in [5, 5.41) is 1.96. The van der Waals surface area contributed by atoms with Crippen LogP contribution in [-0.2, 0) is 0 Å². The summed E-state index contributed by atoms with van der Waals surface area (Å²) in [7, 11) is 3.99. The molecule has 70 valence electrons. The molecule has 11 heavy (non-hydrogen) atoms. The zero-order chi connectivity index (χ0) is 9.28. The van der Waals surface area contributed by atoms with E-state index in [1.165, 1.54) is 6.42 Å². The van der Waals surface area contributed by atoms with Gasteiger partial charge in [-0.25, -0.2) is 0 Å². The standard InChI is InChI=1S/C5H14N2.C2H4Cl2/c1-4-5-6-7(2)3;1-2(3)4/h6H,4-5H2,1-3H3;2H,1H3. The summed E-state index contributed by atoms with van der Waals surface area (Å²) < 4.78 is 0. The lowest BCUT2D eigenvalue weighted by molar-refractivity contribution is 0.291. The van der Waals surface area contributed by atoms with Crippen LogP contribution in [0.15, 0.2) is 0 Å². The van der Waals surface area contributed by atoms with Crippen LogP contribution in [-0.4, -0.2) is 30.5 Å². The SMILES string of the molecule is CC(Cl)Cl.CCCNN(C)C. The predicted molar refractivity (Wildman–Crippen MR) is 53.1 cm³/mol. The van der Waals surface area contributed by atoms with Crippen LogP contribution < -0.4 is 5.43 Å². The molecule has 0 saturated heterocycles. The summed E-state index contributed by atoms with van der Waals surface area (Å²) in [5.74, 6) is 0. The smallest absolute Gasteiger partial charge is 0.105 e. The van der Waals surface area contributed by atoms with Crippen LogP contribution in [0.4, 0.5) is 0 Å². The Bertz CT molecular complexity index is 64.7. The molecule has 0 fully saturated rings. The van der Waals surface area contributed by atoms with Crippen molar-refractivity contribution in [3.05, 3.63) is 0 Å². The average Bonchev–Trinajstić information content (AvgIpc) is 1.82. The fourth-order valence-corrected chi connectivity index (χ4v) is 0.335. The summed E-state index contributed by atoms with van der Waals surface area (Å²) in [6.45, 7) is 4.92. The molecule has 0 aliphatic heterocycles. The molecule has 0 atom stereocenters. The van der Waals surface area contributed by atoms with Crippen LogP contribution in [0.2, 0.25) is 0 Å². The summed E-state index contributed by atoms with van der Waals surface area (Å²) in [6, 6.07) is 0.